The van der Waals surface area contributed by atoms with Crippen LogP contribution in [0.2, 0.25) is 0 Å². The Morgan fingerprint density at radius 1 is 1.36 bits per heavy atom. The lowest BCUT2D eigenvalue weighted by Gasteiger charge is -2.24. The minimum Gasteiger partial charge on any atom is -0.385 e. The van der Waals surface area contributed by atoms with E-state index in [1.54, 1.807) is 7.11 Å². The van der Waals surface area contributed by atoms with Crippen molar-refractivity contribution in [1.82, 2.24) is 5.32 Å². The predicted molar refractivity (Wildman–Crippen MR) is 60.5 cm³/mol. The fourth-order valence-corrected chi connectivity index (χ4v) is 2.56. The van der Waals surface area contributed by atoms with E-state index in [0.29, 0.717) is 0 Å². The van der Waals surface area contributed by atoms with Gasteiger partial charge in [-0.3, -0.25) is 0 Å². The van der Waals surface area contributed by atoms with Crippen LogP contribution >= 0.6 is 0 Å². The van der Waals surface area contributed by atoms with Crippen LogP contribution in [0.4, 0.5) is 0 Å². The first-order valence-electron chi connectivity index (χ1n) is 6.08. The summed E-state index contributed by atoms with van der Waals surface area (Å²) < 4.78 is 5.18. The van der Waals surface area contributed by atoms with Gasteiger partial charge in [-0.1, -0.05) is 13.3 Å². The quantitative estimate of drug-likeness (QED) is 0.734. The summed E-state index contributed by atoms with van der Waals surface area (Å²) in [6, 6.07) is 0. The highest BCUT2D eigenvalue weighted by atomic mass is 16.5. The Bertz CT molecular complexity index is 130. The van der Waals surface area contributed by atoms with Crippen molar-refractivity contribution in [2.45, 2.75) is 39.0 Å². The molecule has 1 rings (SSSR count). The molecule has 1 heterocycles. The second-order valence-corrected chi connectivity index (χ2v) is 4.39. The summed E-state index contributed by atoms with van der Waals surface area (Å²) >= 11 is 0. The van der Waals surface area contributed by atoms with E-state index in [4.69, 9.17) is 4.74 Å². The maximum absolute atomic E-state index is 5.18. The van der Waals surface area contributed by atoms with Crippen molar-refractivity contribution in [2.24, 2.45) is 11.8 Å². The fourth-order valence-electron chi connectivity index (χ4n) is 2.56. The lowest BCUT2D eigenvalue weighted by Crippen LogP contribution is -2.18. The number of nitrogens with one attached hydrogen (secondary N) is 1. The summed E-state index contributed by atoms with van der Waals surface area (Å²) in [6.45, 7) is 5.69. The van der Waals surface area contributed by atoms with Gasteiger partial charge < -0.3 is 10.1 Å². The molecule has 0 radical (unpaired) electrons. The molecule has 1 saturated heterocycles. The summed E-state index contributed by atoms with van der Waals surface area (Å²) in [7, 11) is 1.81. The number of ether oxygens (including phenoxy) is 1. The van der Waals surface area contributed by atoms with Crippen molar-refractivity contribution in [3.63, 3.8) is 0 Å². The third-order valence-electron chi connectivity index (χ3n) is 3.50. The summed E-state index contributed by atoms with van der Waals surface area (Å²) in [5.74, 6) is 1.82. The summed E-state index contributed by atoms with van der Waals surface area (Å²) in [5.41, 5.74) is 0. The first-order chi connectivity index (χ1) is 6.88. The molecule has 1 aliphatic heterocycles. The molecule has 1 fully saturated rings. The van der Waals surface area contributed by atoms with Crippen molar-refractivity contribution in [1.29, 1.82) is 0 Å². The monoisotopic (exact) mass is 199 g/mol. The van der Waals surface area contributed by atoms with Crippen molar-refractivity contribution in [3.8, 4) is 0 Å². The summed E-state index contributed by atoms with van der Waals surface area (Å²) in [5, 5.41) is 3.48. The van der Waals surface area contributed by atoms with Crippen LogP contribution in [0.25, 0.3) is 0 Å². The van der Waals surface area contributed by atoms with E-state index in [-0.39, 0.29) is 0 Å². The van der Waals surface area contributed by atoms with E-state index in [0.717, 1.165) is 18.4 Å². The average Bonchev–Trinajstić information content (AvgIpc) is 2.48. The Balaban J connectivity index is 2.32. The first kappa shape index (κ1) is 12.0. The van der Waals surface area contributed by atoms with Crippen LogP contribution in [0.3, 0.4) is 0 Å². The molecule has 1 N–H and O–H groups in total. The molecule has 0 aromatic heterocycles. The minimum atomic E-state index is 0.884. The van der Waals surface area contributed by atoms with E-state index in [2.05, 4.69) is 12.2 Å². The van der Waals surface area contributed by atoms with Gasteiger partial charge in [0.15, 0.2) is 0 Å². The molecule has 2 unspecified atom stereocenters. The predicted octanol–water partition coefficient (Wildman–Crippen LogP) is 2.44. The van der Waals surface area contributed by atoms with Crippen LogP contribution in [0.15, 0.2) is 0 Å². The van der Waals surface area contributed by atoms with Gasteiger partial charge in [0.05, 0.1) is 0 Å². The number of rotatable bonds is 5. The summed E-state index contributed by atoms with van der Waals surface area (Å²) in [4.78, 5) is 0. The largest absolute Gasteiger partial charge is 0.385 e. The Morgan fingerprint density at radius 3 is 2.93 bits per heavy atom. The van der Waals surface area contributed by atoms with Gasteiger partial charge in [-0.2, -0.15) is 0 Å². The van der Waals surface area contributed by atoms with Crippen LogP contribution in [0.5, 0.6) is 0 Å². The van der Waals surface area contributed by atoms with Crippen molar-refractivity contribution >= 4 is 0 Å². The second-order valence-electron chi connectivity index (χ2n) is 4.39. The van der Waals surface area contributed by atoms with E-state index in [9.17, 15) is 0 Å². The lowest BCUT2D eigenvalue weighted by atomic mass is 9.83. The van der Waals surface area contributed by atoms with Crippen molar-refractivity contribution in [3.05, 3.63) is 0 Å². The molecule has 2 atom stereocenters. The first-order valence-corrected chi connectivity index (χ1v) is 6.08. The van der Waals surface area contributed by atoms with E-state index in [1.165, 1.54) is 45.2 Å². The zero-order valence-corrected chi connectivity index (χ0v) is 9.72. The Kier molecular flexibility index (Phi) is 6.20. The minimum absolute atomic E-state index is 0.884. The normalized spacial score (nSPS) is 25.7. The molecule has 2 nitrogen and oxygen atoms in total. The van der Waals surface area contributed by atoms with Crippen molar-refractivity contribution in [2.75, 3.05) is 26.8 Å². The Hall–Kier alpha value is -0.0800. The molecular formula is C12H25NO. The number of methoxy groups -OCH3 is 1. The van der Waals surface area contributed by atoms with Crippen LogP contribution in [0, 0.1) is 11.8 Å². The van der Waals surface area contributed by atoms with Gasteiger partial charge in [-0.15, -0.1) is 0 Å². The number of hydrogen-bond donors (Lipinski definition) is 1. The maximum Gasteiger partial charge on any atom is 0.0465 e. The van der Waals surface area contributed by atoms with Gasteiger partial charge in [0.1, 0.15) is 0 Å². The molecule has 84 valence electrons. The topological polar surface area (TPSA) is 21.3 Å². The standard InChI is InChI=1S/C12H25NO/c1-3-11(7-10-14-2)12-5-4-8-13-9-6-12/h11-13H,3-10H2,1-2H3. The molecule has 1 aliphatic rings. The van der Waals surface area contributed by atoms with Gasteiger partial charge >= 0.3 is 0 Å². The molecule has 14 heavy (non-hydrogen) atoms. The molecule has 0 aromatic rings. The zero-order chi connectivity index (χ0) is 10.2. The van der Waals surface area contributed by atoms with Crippen LogP contribution in [0.1, 0.15) is 39.0 Å². The van der Waals surface area contributed by atoms with Gasteiger partial charge in [0.25, 0.3) is 0 Å². The number of hydrogen-bond acceptors (Lipinski definition) is 2. The molecule has 0 spiro atoms. The second kappa shape index (κ2) is 7.24. The molecule has 0 bridgehead atoms. The molecule has 2 heteroatoms. The molecular weight excluding hydrogens is 174 g/mol. The lowest BCUT2D eigenvalue weighted by molar-refractivity contribution is 0.153. The molecule has 0 saturated carbocycles. The Morgan fingerprint density at radius 2 is 2.21 bits per heavy atom. The fraction of sp³-hybridized carbons (Fsp3) is 1.00. The van der Waals surface area contributed by atoms with Crippen LogP contribution in [-0.4, -0.2) is 26.8 Å². The maximum atomic E-state index is 5.18. The zero-order valence-electron chi connectivity index (χ0n) is 9.72. The molecule has 0 aromatic carbocycles. The van der Waals surface area contributed by atoms with Gasteiger partial charge in [0.2, 0.25) is 0 Å². The summed E-state index contributed by atoms with van der Waals surface area (Å²) in [6.07, 6.45) is 6.69. The van der Waals surface area contributed by atoms with Gasteiger partial charge in [-0.05, 0) is 50.6 Å². The van der Waals surface area contributed by atoms with E-state index < -0.39 is 0 Å². The van der Waals surface area contributed by atoms with Gasteiger partial charge in [-0.25, -0.2) is 0 Å². The van der Waals surface area contributed by atoms with Crippen molar-refractivity contribution < 1.29 is 4.74 Å². The highest BCUT2D eigenvalue weighted by molar-refractivity contribution is 4.73. The highest BCUT2D eigenvalue weighted by Crippen LogP contribution is 2.27. The third-order valence-corrected chi connectivity index (χ3v) is 3.50. The van der Waals surface area contributed by atoms with Gasteiger partial charge in [0, 0.05) is 13.7 Å². The average molecular weight is 199 g/mol. The molecule has 0 aliphatic carbocycles. The van der Waals surface area contributed by atoms with E-state index >= 15 is 0 Å². The SMILES string of the molecule is CCC(CCOC)C1CCCNCC1. The smallest absolute Gasteiger partial charge is 0.0465 e. The van der Waals surface area contributed by atoms with Crippen LogP contribution in [-0.2, 0) is 4.74 Å². The third kappa shape index (κ3) is 3.97. The Labute approximate surface area is 88.4 Å². The van der Waals surface area contributed by atoms with E-state index in [1.807, 2.05) is 0 Å². The van der Waals surface area contributed by atoms with Crippen LogP contribution < -0.4 is 5.32 Å². The highest BCUT2D eigenvalue weighted by Gasteiger charge is 2.20. The molecule has 0 amide bonds.